The van der Waals surface area contributed by atoms with E-state index in [9.17, 15) is 13.6 Å². The van der Waals surface area contributed by atoms with Crippen LogP contribution in [0.3, 0.4) is 0 Å². The van der Waals surface area contributed by atoms with Crippen LogP contribution >= 0.6 is 0 Å². The van der Waals surface area contributed by atoms with Crippen molar-refractivity contribution in [1.29, 1.82) is 0 Å². The molecule has 1 aromatic rings. The number of piperidine rings is 1. The molecule has 0 bridgehead atoms. The first-order valence-corrected chi connectivity index (χ1v) is 7.85. The lowest BCUT2D eigenvalue weighted by Crippen LogP contribution is -2.50. The number of anilines is 1. The Kier molecular flexibility index (Phi) is 5.20. The average Bonchev–Trinajstić information content (AvgIpc) is 3.06. The highest BCUT2D eigenvalue weighted by molar-refractivity contribution is 5.92. The predicted octanol–water partition coefficient (Wildman–Crippen LogP) is 2.13. The van der Waals surface area contributed by atoms with Crippen molar-refractivity contribution in [2.45, 2.75) is 31.6 Å². The fourth-order valence-corrected chi connectivity index (χ4v) is 3.08. The standard InChI is InChI=1S/C16H20F2N2O3/c17-12-5-4-11(9-13(12)18)19-15(21)10-20-6-2-1-3-14(20)16-22-7-8-23-16/h4-5,9,14,16H,1-3,6-8,10H2,(H,19,21)/t14-/m0/s1. The third kappa shape index (κ3) is 4.04. The molecular formula is C16H20F2N2O3. The van der Waals surface area contributed by atoms with Crippen LogP contribution in [-0.4, -0.2) is 49.4 Å². The van der Waals surface area contributed by atoms with Crippen LogP contribution in [0.4, 0.5) is 14.5 Å². The second kappa shape index (κ2) is 7.33. The van der Waals surface area contributed by atoms with E-state index in [-0.39, 0.29) is 30.5 Å². The van der Waals surface area contributed by atoms with Crippen molar-refractivity contribution in [1.82, 2.24) is 4.90 Å². The van der Waals surface area contributed by atoms with Gasteiger partial charge in [-0.05, 0) is 31.5 Å². The van der Waals surface area contributed by atoms with Crippen molar-refractivity contribution in [3.63, 3.8) is 0 Å². The highest BCUT2D eigenvalue weighted by Gasteiger charge is 2.34. The van der Waals surface area contributed by atoms with Crippen LogP contribution < -0.4 is 5.32 Å². The lowest BCUT2D eigenvalue weighted by molar-refractivity contribution is -0.127. The molecule has 3 rings (SSSR count). The molecule has 2 saturated heterocycles. The number of nitrogens with one attached hydrogen (secondary N) is 1. The predicted molar refractivity (Wildman–Crippen MR) is 79.9 cm³/mol. The van der Waals surface area contributed by atoms with Crippen molar-refractivity contribution in [3.05, 3.63) is 29.8 Å². The van der Waals surface area contributed by atoms with Gasteiger partial charge in [0.2, 0.25) is 5.91 Å². The van der Waals surface area contributed by atoms with Crippen LogP contribution in [0.25, 0.3) is 0 Å². The SMILES string of the molecule is O=C(CN1CCCC[C@H]1C1OCCO1)Nc1ccc(F)c(F)c1. The van der Waals surface area contributed by atoms with Gasteiger partial charge < -0.3 is 14.8 Å². The van der Waals surface area contributed by atoms with Gasteiger partial charge in [0.15, 0.2) is 17.9 Å². The van der Waals surface area contributed by atoms with Gasteiger partial charge in [-0.2, -0.15) is 0 Å². The van der Waals surface area contributed by atoms with Crippen LogP contribution in [0.15, 0.2) is 18.2 Å². The normalized spacial score (nSPS) is 23.1. The lowest BCUT2D eigenvalue weighted by atomic mass is 10.0. The van der Waals surface area contributed by atoms with E-state index in [2.05, 4.69) is 5.32 Å². The molecule has 23 heavy (non-hydrogen) atoms. The number of likely N-dealkylation sites (tertiary alicyclic amines) is 1. The van der Waals surface area contributed by atoms with E-state index in [1.807, 2.05) is 4.90 Å². The van der Waals surface area contributed by atoms with E-state index in [1.54, 1.807) is 0 Å². The lowest BCUT2D eigenvalue weighted by Gasteiger charge is -2.37. The van der Waals surface area contributed by atoms with Gasteiger partial charge in [-0.25, -0.2) is 8.78 Å². The molecule has 126 valence electrons. The largest absolute Gasteiger partial charge is 0.349 e. The van der Waals surface area contributed by atoms with Gasteiger partial charge >= 0.3 is 0 Å². The zero-order valence-corrected chi connectivity index (χ0v) is 12.8. The summed E-state index contributed by atoms with van der Waals surface area (Å²) in [4.78, 5) is 14.2. The first kappa shape index (κ1) is 16.3. The molecule has 2 aliphatic rings. The molecule has 1 aromatic carbocycles. The molecule has 0 saturated carbocycles. The van der Waals surface area contributed by atoms with Gasteiger partial charge in [-0.1, -0.05) is 6.42 Å². The number of carbonyl (C=O) groups excluding carboxylic acids is 1. The maximum atomic E-state index is 13.2. The molecule has 2 fully saturated rings. The number of nitrogens with zero attached hydrogens (tertiary/aromatic N) is 1. The summed E-state index contributed by atoms with van der Waals surface area (Å²) in [7, 11) is 0. The second-order valence-electron chi connectivity index (χ2n) is 5.82. The van der Waals surface area contributed by atoms with Gasteiger partial charge in [0.1, 0.15) is 0 Å². The number of halogens is 2. The summed E-state index contributed by atoms with van der Waals surface area (Å²) >= 11 is 0. The molecule has 0 aliphatic carbocycles. The van der Waals surface area contributed by atoms with Gasteiger partial charge in [-0.15, -0.1) is 0 Å². The first-order chi connectivity index (χ1) is 11.1. The van der Waals surface area contributed by atoms with E-state index in [1.165, 1.54) is 6.07 Å². The minimum absolute atomic E-state index is 0.0574. The summed E-state index contributed by atoms with van der Waals surface area (Å²) in [6.45, 7) is 2.12. The van der Waals surface area contributed by atoms with Crippen LogP contribution in [0.5, 0.6) is 0 Å². The smallest absolute Gasteiger partial charge is 0.238 e. The van der Waals surface area contributed by atoms with Crippen molar-refractivity contribution >= 4 is 11.6 Å². The van der Waals surface area contributed by atoms with Gasteiger partial charge in [0.05, 0.1) is 25.8 Å². The van der Waals surface area contributed by atoms with Crippen molar-refractivity contribution in [3.8, 4) is 0 Å². The molecule has 2 aliphatic heterocycles. The Bertz CT molecular complexity index is 564. The topological polar surface area (TPSA) is 50.8 Å². The number of benzene rings is 1. The van der Waals surface area contributed by atoms with E-state index in [0.29, 0.717) is 13.2 Å². The van der Waals surface area contributed by atoms with Gasteiger partial charge in [0, 0.05) is 11.8 Å². The van der Waals surface area contributed by atoms with Crippen LogP contribution in [0, 0.1) is 11.6 Å². The Hall–Kier alpha value is -1.57. The number of hydrogen-bond donors (Lipinski definition) is 1. The Morgan fingerprint density at radius 2 is 2.00 bits per heavy atom. The minimum Gasteiger partial charge on any atom is -0.349 e. The maximum Gasteiger partial charge on any atom is 0.238 e. The highest BCUT2D eigenvalue weighted by Crippen LogP contribution is 2.24. The zero-order valence-electron chi connectivity index (χ0n) is 12.8. The number of amides is 1. The Balaban J connectivity index is 1.59. The molecule has 0 spiro atoms. The summed E-state index contributed by atoms with van der Waals surface area (Å²) in [5.74, 6) is -2.18. The molecule has 1 atom stereocenters. The van der Waals surface area contributed by atoms with Gasteiger partial charge in [-0.3, -0.25) is 9.69 Å². The Labute approximate surface area is 133 Å². The Morgan fingerprint density at radius 3 is 2.74 bits per heavy atom. The van der Waals surface area contributed by atoms with Crippen LogP contribution in [0.2, 0.25) is 0 Å². The minimum atomic E-state index is -0.980. The number of rotatable bonds is 4. The summed E-state index contributed by atoms with van der Waals surface area (Å²) in [5.41, 5.74) is 0.246. The molecule has 2 heterocycles. The van der Waals surface area contributed by atoms with Crippen LogP contribution in [0.1, 0.15) is 19.3 Å². The van der Waals surface area contributed by atoms with Crippen molar-refractivity contribution < 1.29 is 23.0 Å². The number of hydrogen-bond acceptors (Lipinski definition) is 4. The van der Waals surface area contributed by atoms with Crippen molar-refractivity contribution in [2.24, 2.45) is 0 Å². The molecule has 0 aromatic heterocycles. The first-order valence-electron chi connectivity index (χ1n) is 7.85. The average molecular weight is 326 g/mol. The van der Waals surface area contributed by atoms with Crippen LogP contribution in [-0.2, 0) is 14.3 Å². The third-order valence-corrected chi connectivity index (χ3v) is 4.18. The molecule has 5 nitrogen and oxygen atoms in total. The van der Waals surface area contributed by atoms with E-state index >= 15 is 0 Å². The summed E-state index contributed by atoms with van der Waals surface area (Å²) < 4.78 is 37.2. The number of carbonyl (C=O) groups is 1. The molecular weight excluding hydrogens is 306 g/mol. The fraction of sp³-hybridized carbons (Fsp3) is 0.562. The summed E-state index contributed by atoms with van der Waals surface area (Å²) in [5, 5.41) is 2.60. The maximum absolute atomic E-state index is 13.2. The Morgan fingerprint density at radius 1 is 1.22 bits per heavy atom. The summed E-state index contributed by atoms with van der Waals surface area (Å²) in [6.07, 6.45) is 2.73. The van der Waals surface area contributed by atoms with Gasteiger partial charge in [0.25, 0.3) is 0 Å². The van der Waals surface area contributed by atoms with E-state index in [0.717, 1.165) is 37.9 Å². The summed E-state index contributed by atoms with van der Waals surface area (Å²) in [6, 6.07) is 3.37. The molecule has 7 heteroatoms. The molecule has 1 N–H and O–H groups in total. The fourth-order valence-electron chi connectivity index (χ4n) is 3.08. The molecule has 0 unspecified atom stereocenters. The highest BCUT2D eigenvalue weighted by atomic mass is 19.2. The quantitative estimate of drug-likeness (QED) is 0.921. The molecule has 1 amide bonds. The number of ether oxygens (including phenoxy) is 2. The molecule has 0 radical (unpaired) electrons. The van der Waals surface area contributed by atoms with E-state index < -0.39 is 11.6 Å². The monoisotopic (exact) mass is 326 g/mol. The van der Waals surface area contributed by atoms with E-state index in [4.69, 9.17) is 9.47 Å². The zero-order chi connectivity index (χ0) is 16.2. The second-order valence-corrected chi connectivity index (χ2v) is 5.82. The third-order valence-electron chi connectivity index (χ3n) is 4.18. The van der Waals surface area contributed by atoms with Crippen molar-refractivity contribution in [2.75, 3.05) is 31.6 Å².